The Labute approximate surface area is 99.0 Å². The predicted octanol–water partition coefficient (Wildman–Crippen LogP) is 0.498. The van der Waals surface area contributed by atoms with Crippen molar-refractivity contribution in [1.82, 2.24) is 9.21 Å². The van der Waals surface area contributed by atoms with Crippen LogP contribution in [0.15, 0.2) is 0 Å². The summed E-state index contributed by atoms with van der Waals surface area (Å²) in [4.78, 5) is 12.9. The molecule has 0 aromatic carbocycles. The third-order valence-corrected chi connectivity index (χ3v) is 4.43. The molecule has 5 nitrogen and oxygen atoms in total. The molecule has 1 heterocycles. The van der Waals surface area contributed by atoms with Gasteiger partial charge in [0.15, 0.2) is 0 Å². The number of carboxylic acid groups (broad SMARTS) is 1. The summed E-state index contributed by atoms with van der Waals surface area (Å²) < 4.78 is 13.8. The highest BCUT2D eigenvalue weighted by molar-refractivity contribution is 7.82. The Morgan fingerprint density at radius 1 is 1.44 bits per heavy atom. The third-order valence-electron chi connectivity index (χ3n) is 2.96. The van der Waals surface area contributed by atoms with Crippen LogP contribution in [0.5, 0.6) is 0 Å². The van der Waals surface area contributed by atoms with E-state index >= 15 is 0 Å². The molecule has 1 fully saturated rings. The summed E-state index contributed by atoms with van der Waals surface area (Å²) in [5.74, 6) is -0.548. The summed E-state index contributed by atoms with van der Waals surface area (Å²) in [7, 11) is -1.08. The van der Waals surface area contributed by atoms with Crippen LogP contribution >= 0.6 is 0 Å². The SMILES string of the molecule is CCCN1CCN(C(C)(C)C(=O)O)CS1=O. The Balaban J connectivity index is 2.64. The van der Waals surface area contributed by atoms with Crippen molar-refractivity contribution in [3.05, 3.63) is 0 Å². The lowest BCUT2D eigenvalue weighted by Gasteiger charge is -2.40. The van der Waals surface area contributed by atoms with E-state index < -0.39 is 22.5 Å². The summed E-state index contributed by atoms with van der Waals surface area (Å²) in [6.07, 6.45) is 0.966. The van der Waals surface area contributed by atoms with Crippen molar-refractivity contribution < 1.29 is 14.1 Å². The molecule has 1 aliphatic rings. The van der Waals surface area contributed by atoms with Gasteiger partial charge in [0.05, 0.1) is 5.88 Å². The van der Waals surface area contributed by atoms with Crippen LogP contribution in [0.1, 0.15) is 27.2 Å². The van der Waals surface area contributed by atoms with E-state index in [0.717, 1.165) is 13.0 Å². The lowest BCUT2D eigenvalue weighted by Crippen LogP contribution is -2.58. The Hall–Kier alpha value is -0.460. The van der Waals surface area contributed by atoms with Crippen molar-refractivity contribution in [2.24, 2.45) is 0 Å². The topological polar surface area (TPSA) is 60.9 Å². The molecule has 0 amide bonds. The van der Waals surface area contributed by atoms with Gasteiger partial charge in [0, 0.05) is 19.6 Å². The molecule has 0 bridgehead atoms. The minimum atomic E-state index is -1.08. The van der Waals surface area contributed by atoms with Gasteiger partial charge in [-0.05, 0) is 20.3 Å². The van der Waals surface area contributed by atoms with Gasteiger partial charge in [0.1, 0.15) is 16.5 Å². The number of hydrogen-bond acceptors (Lipinski definition) is 3. The molecule has 0 spiro atoms. The second kappa shape index (κ2) is 5.25. The van der Waals surface area contributed by atoms with E-state index in [2.05, 4.69) is 0 Å². The third kappa shape index (κ3) is 2.81. The molecule has 0 aromatic heterocycles. The normalized spacial score (nSPS) is 24.6. The van der Waals surface area contributed by atoms with Crippen molar-refractivity contribution in [2.45, 2.75) is 32.7 Å². The fourth-order valence-corrected chi connectivity index (χ4v) is 3.21. The summed E-state index contributed by atoms with van der Waals surface area (Å²) >= 11 is 0. The molecule has 6 heteroatoms. The van der Waals surface area contributed by atoms with Crippen LogP contribution < -0.4 is 0 Å². The molecule has 1 rings (SSSR count). The van der Waals surface area contributed by atoms with Gasteiger partial charge in [-0.3, -0.25) is 9.69 Å². The molecule has 1 saturated heterocycles. The smallest absolute Gasteiger partial charge is 0.323 e. The van der Waals surface area contributed by atoms with E-state index in [1.54, 1.807) is 18.7 Å². The number of nitrogens with zero attached hydrogens (tertiary/aromatic N) is 2. The number of hydrogen-bond donors (Lipinski definition) is 1. The van der Waals surface area contributed by atoms with Crippen LogP contribution in [0.3, 0.4) is 0 Å². The highest BCUT2D eigenvalue weighted by Crippen LogP contribution is 2.19. The van der Waals surface area contributed by atoms with Crippen LogP contribution in [0.4, 0.5) is 0 Å². The lowest BCUT2D eigenvalue weighted by molar-refractivity contribution is -0.149. The first-order chi connectivity index (χ1) is 7.39. The fraction of sp³-hybridized carbons (Fsp3) is 0.900. The maximum absolute atomic E-state index is 11.9. The zero-order chi connectivity index (χ0) is 12.3. The lowest BCUT2D eigenvalue weighted by atomic mass is 10.0. The quantitative estimate of drug-likeness (QED) is 0.787. The maximum atomic E-state index is 11.9. The van der Waals surface area contributed by atoms with Gasteiger partial charge in [-0.25, -0.2) is 8.51 Å². The average molecular weight is 248 g/mol. The second-order valence-electron chi connectivity index (χ2n) is 4.51. The van der Waals surface area contributed by atoms with Crippen LogP contribution in [-0.4, -0.2) is 55.5 Å². The van der Waals surface area contributed by atoms with Crippen molar-refractivity contribution in [3.8, 4) is 0 Å². The highest BCUT2D eigenvalue weighted by atomic mass is 32.2. The predicted molar refractivity (Wildman–Crippen MR) is 63.3 cm³/mol. The Morgan fingerprint density at radius 2 is 2.06 bits per heavy atom. The summed E-state index contributed by atoms with van der Waals surface area (Å²) in [5.41, 5.74) is -0.937. The fourth-order valence-electron chi connectivity index (χ4n) is 1.65. The van der Waals surface area contributed by atoms with Crippen molar-refractivity contribution in [1.29, 1.82) is 0 Å². The summed E-state index contributed by atoms with van der Waals surface area (Å²) in [5, 5.41) is 9.09. The van der Waals surface area contributed by atoms with Crippen LogP contribution in [0.25, 0.3) is 0 Å². The molecule has 94 valence electrons. The number of carboxylic acids is 1. The van der Waals surface area contributed by atoms with Crippen LogP contribution in [-0.2, 0) is 15.8 Å². The monoisotopic (exact) mass is 248 g/mol. The standard InChI is InChI=1S/C10H20N2O3S/c1-4-5-12-7-6-11(8-16(12)15)10(2,3)9(13)14/h4-8H2,1-3H3,(H,13,14). The number of carbonyl (C=O) groups is 1. The van der Waals surface area contributed by atoms with E-state index in [9.17, 15) is 9.00 Å². The minimum absolute atomic E-state index is 0.319. The molecule has 1 unspecified atom stereocenters. The molecule has 0 radical (unpaired) electrons. The van der Waals surface area contributed by atoms with Gasteiger partial charge in [0.2, 0.25) is 0 Å². The van der Waals surface area contributed by atoms with E-state index in [1.807, 2.05) is 11.2 Å². The molecule has 1 aliphatic heterocycles. The Morgan fingerprint density at radius 3 is 2.50 bits per heavy atom. The van der Waals surface area contributed by atoms with E-state index in [1.165, 1.54) is 0 Å². The molecular weight excluding hydrogens is 228 g/mol. The van der Waals surface area contributed by atoms with E-state index in [0.29, 0.717) is 19.0 Å². The van der Waals surface area contributed by atoms with Gasteiger partial charge >= 0.3 is 5.97 Å². The first kappa shape index (κ1) is 13.6. The van der Waals surface area contributed by atoms with Gasteiger partial charge in [-0.2, -0.15) is 0 Å². The highest BCUT2D eigenvalue weighted by Gasteiger charge is 2.38. The Kier molecular flexibility index (Phi) is 4.46. The van der Waals surface area contributed by atoms with E-state index in [-0.39, 0.29) is 0 Å². The zero-order valence-corrected chi connectivity index (χ0v) is 10.9. The van der Waals surface area contributed by atoms with Crippen molar-refractivity contribution in [3.63, 3.8) is 0 Å². The second-order valence-corrected chi connectivity index (χ2v) is 5.92. The first-order valence-electron chi connectivity index (χ1n) is 5.51. The molecule has 0 aromatic rings. The molecular formula is C10H20N2O3S. The largest absolute Gasteiger partial charge is 0.480 e. The van der Waals surface area contributed by atoms with Crippen LogP contribution in [0.2, 0.25) is 0 Å². The number of aliphatic carboxylic acids is 1. The van der Waals surface area contributed by atoms with Gasteiger partial charge in [-0.1, -0.05) is 6.92 Å². The zero-order valence-electron chi connectivity index (χ0n) is 10.1. The summed E-state index contributed by atoms with van der Waals surface area (Å²) in [6, 6.07) is 0. The molecule has 1 N–H and O–H groups in total. The van der Waals surface area contributed by atoms with Gasteiger partial charge in [0.25, 0.3) is 0 Å². The van der Waals surface area contributed by atoms with Crippen molar-refractivity contribution in [2.75, 3.05) is 25.5 Å². The first-order valence-corrected chi connectivity index (χ1v) is 6.79. The molecule has 1 atom stereocenters. The van der Waals surface area contributed by atoms with E-state index in [4.69, 9.17) is 5.11 Å². The number of rotatable bonds is 4. The minimum Gasteiger partial charge on any atom is -0.480 e. The molecule has 0 aliphatic carbocycles. The molecule has 0 saturated carbocycles. The van der Waals surface area contributed by atoms with Gasteiger partial charge in [-0.15, -0.1) is 0 Å². The Bertz CT molecular complexity index is 294. The maximum Gasteiger partial charge on any atom is 0.323 e. The molecule has 16 heavy (non-hydrogen) atoms. The summed E-state index contributed by atoms with van der Waals surface area (Å²) in [6.45, 7) is 7.50. The van der Waals surface area contributed by atoms with Gasteiger partial charge < -0.3 is 5.11 Å². The average Bonchev–Trinajstić information content (AvgIpc) is 2.21. The van der Waals surface area contributed by atoms with Crippen LogP contribution in [0, 0.1) is 0 Å². The van der Waals surface area contributed by atoms with Crippen molar-refractivity contribution >= 4 is 17.0 Å².